The predicted octanol–water partition coefficient (Wildman–Crippen LogP) is 1.98. The lowest BCUT2D eigenvalue weighted by molar-refractivity contribution is -0.153. The zero-order chi connectivity index (χ0) is 14.0. The summed E-state index contributed by atoms with van der Waals surface area (Å²) in [6.07, 6.45) is 2.04. The van der Waals surface area contributed by atoms with Gasteiger partial charge in [-0.3, -0.25) is 9.59 Å². The maximum Gasteiger partial charge on any atom is 0.311 e. The van der Waals surface area contributed by atoms with Gasteiger partial charge in [0, 0.05) is 10.1 Å². The van der Waals surface area contributed by atoms with Crippen LogP contribution in [-0.2, 0) is 4.79 Å². The van der Waals surface area contributed by atoms with Crippen molar-refractivity contribution in [2.45, 2.75) is 19.3 Å². The van der Waals surface area contributed by atoms with Gasteiger partial charge in [-0.25, -0.2) is 0 Å². The highest BCUT2D eigenvalue weighted by Gasteiger charge is 2.44. The second-order valence-corrected chi connectivity index (χ2v) is 6.03. The van der Waals surface area contributed by atoms with E-state index in [0.29, 0.717) is 12.8 Å². The minimum absolute atomic E-state index is 0.101. The molecule has 0 radical (unpaired) electrons. The highest BCUT2D eigenvalue weighted by atomic mass is 127. The molecule has 6 heteroatoms. The topological polar surface area (TPSA) is 86.6 Å². The Kier molecular flexibility index (Phi) is 3.98. The van der Waals surface area contributed by atoms with E-state index in [1.54, 1.807) is 12.1 Å². The molecule has 0 atom stereocenters. The summed E-state index contributed by atoms with van der Waals surface area (Å²) in [6, 6.07) is 4.71. The molecular weight excluding hydrogens is 361 g/mol. The molecule has 1 aromatic carbocycles. The molecule has 0 unspecified atom stereocenters. The van der Waals surface area contributed by atoms with E-state index in [4.69, 9.17) is 5.11 Å². The molecule has 1 aliphatic carbocycles. The molecule has 1 saturated carbocycles. The van der Waals surface area contributed by atoms with Crippen LogP contribution in [-0.4, -0.2) is 28.6 Å². The molecule has 0 heterocycles. The van der Waals surface area contributed by atoms with Crippen molar-refractivity contribution in [2.24, 2.45) is 5.41 Å². The number of rotatable bonds is 4. The number of aliphatic carboxylic acids is 1. The number of phenols is 1. The SMILES string of the molecule is O=C(NCC1(C(=O)O)CCC1)c1cc(I)ccc1O. The van der Waals surface area contributed by atoms with Crippen LogP contribution in [0.4, 0.5) is 0 Å². The average molecular weight is 375 g/mol. The Hall–Kier alpha value is -1.31. The van der Waals surface area contributed by atoms with Crippen LogP contribution >= 0.6 is 22.6 Å². The first-order valence-electron chi connectivity index (χ1n) is 5.95. The lowest BCUT2D eigenvalue weighted by Crippen LogP contribution is -2.47. The van der Waals surface area contributed by atoms with E-state index in [9.17, 15) is 14.7 Å². The van der Waals surface area contributed by atoms with Crippen LogP contribution in [0.3, 0.4) is 0 Å². The van der Waals surface area contributed by atoms with Gasteiger partial charge >= 0.3 is 5.97 Å². The van der Waals surface area contributed by atoms with Crippen molar-refractivity contribution in [1.29, 1.82) is 0 Å². The summed E-state index contributed by atoms with van der Waals surface area (Å²) in [5.41, 5.74) is -0.653. The molecule has 0 saturated heterocycles. The number of aromatic hydroxyl groups is 1. The van der Waals surface area contributed by atoms with E-state index in [2.05, 4.69) is 5.32 Å². The van der Waals surface area contributed by atoms with Crippen LogP contribution in [0.5, 0.6) is 5.75 Å². The molecule has 1 aliphatic rings. The lowest BCUT2D eigenvalue weighted by atomic mass is 9.69. The van der Waals surface area contributed by atoms with E-state index >= 15 is 0 Å². The number of carboxylic acid groups (broad SMARTS) is 1. The molecule has 0 aromatic heterocycles. The van der Waals surface area contributed by atoms with Gasteiger partial charge in [-0.1, -0.05) is 6.42 Å². The van der Waals surface area contributed by atoms with Crippen molar-refractivity contribution >= 4 is 34.5 Å². The normalized spacial score (nSPS) is 16.5. The number of hydrogen-bond donors (Lipinski definition) is 3. The number of phenolic OH excluding ortho intramolecular Hbond substituents is 1. The molecule has 2 rings (SSSR count). The number of hydrogen-bond acceptors (Lipinski definition) is 3. The summed E-state index contributed by atoms with van der Waals surface area (Å²) in [7, 11) is 0. The Labute approximate surface area is 124 Å². The first kappa shape index (κ1) is 14.1. The number of halogens is 1. The van der Waals surface area contributed by atoms with Gasteiger partial charge in [-0.2, -0.15) is 0 Å². The molecule has 3 N–H and O–H groups in total. The zero-order valence-corrected chi connectivity index (χ0v) is 12.3. The van der Waals surface area contributed by atoms with Crippen LogP contribution in [0.1, 0.15) is 29.6 Å². The number of carboxylic acids is 1. The molecule has 19 heavy (non-hydrogen) atoms. The van der Waals surface area contributed by atoms with E-state index < -0.39 is 17.3 Å². The van der Waals surface area contributed by atoms with Gasteiger partial charge in [0.2, 0.25) is 0 Å². The Morgan fingerprint density at radius 1 is 1.37 bits per heavy atom. The van der Waals surface area contributed by atoms with Crippen molar-refractivity contribution < 1.29 is 19.8 Å². The van der Waals surface area contributed by atoms with Crippen molar-refractivity contribution in [3.8, 4) is 5.75 Å². The third kappa shape index (κ3) is 2.83. The molecule has 0 aliphatic heterocycles. The zero-order valence-electron chi connectivity index (χ0n) is 10.1. The van der Waals surface area contributed by atoms with Crippen LogP contribution in [0.25, 0.3) is 0 Å². The Bertz CT molecular complexity index is 525. The highest BCUT2D eigenvalue weighted by molar-refractivity contribution is 14.1. The van der Waals surface area contributed by atoms with Gasteiger partial charge in [0.05, 0.1) is 11.0 Å². The molecule has 102 valence electrons. The van der Waals surface area contributed by atoms with E-state index in [1.165, 1.54) is 6.07 Å². The number of nitrogens with one attached hydrogen (secondary N) is 1. The Balaban J connectivity index is 2.05. The van der Waals surface area contributed by atoms with Gasteiger partial charge in [-0.05, 0) is 53.6 Å². The standard InChI is InChI=1S/C13H14INO4/c14-8-2-3-10(16)9(6-8)11(17)15-7-13(12(18)19)4-1-5-13/h2-3,6,16H,1,4-5,7H2,(H,15,17)(H,18,19). The average Bonchev–Trinajstić information content (AvgIpc) is 2.30. The summed E-state index contributed by atoms with van der Waals surface area (Å²) in [5, 5.41) is 21.4. The Morgan fingerprint density at radius 2 is 2.05 bits per heavy atom. The molecule has 0 bridgehead atoms. The minimum Gasteiger partial charge on any atom is -0.507 e. The predicted molar refractivity (Wildman–Crippen MR) is 77.1 cm³/mol. The van der Waals surface area contributed by atoms with E-state index in [-0.39, 0.29) is 17.9 Å². The van der Waals surface area contributed by atoms with Crippen LogP contribution in [0, 0.1) is 8.99 Å². The van der Waals surface area contributed by atoms with Crippen molar-refractivity contribution in [3.05, 3.63) is 27.3 Å². The minimum atomic E-state index is -0.870. The number of carbonyl (C=O) groups excluding carboxylic acids is 1. The summed E-state index contributed by atoms with van der Waals surface area (Å²) in [5.74, 6) is -1.41. The van der Waals surface area contributed by atoms with Gasteiger partial charge in [0.25, 0.3) is 5.91 Å². The second-order valence-electron chi connectivity index (χ2n) is 4.78. The van der Waals surface area contributed by atoms with Crippen molar-refractivity contribution in [1.82, 2.24) is 5.32 Å². The Morgan fingerprint density at radius 3 is 2.58 bits per heavy atom. The summed E-state index contributed by atoms with van der Waals surface area (Å²) < 4.78 is 0.831. The van der Waals surface area contributed by atoms with Crippen LogP contribution in [0.2, 0.25) is 0 Å². The second kappa shape index (κ2) is 5.36. The first-order valence-corrected chi connectivity index (χ1v) is 7.03. The maximum atomic E-state index is 12.0. The highest BCUT2D eigenvalue weighted by Crippen LogP contribution is 2.40. The van der Waals surface area contributed by atoms with Crippen LogP contribution < -0.4 is 5.32 Å². The summed E-state index contributed by atoms with van der Waals surface area (Å²) in [4.78, 5) is 23.1. The fraction of sp³-hybridized carbons (Fsp3) is 0.385. The van der Waals surface area contributed by atoms with Crippen LogP contribution in [0.15, 0.2) is 18.2 Å². The molecule has 0 spiro atoms. The van der Waals surface area contributed by atoms with Gasteiger partial charge < -0.3 is 15.5 Å². The van der Waals surface area contributed by atoms with Gasteiger partial charge in [0.1, 0.15) is 5.75 Å². The quantitative estimate of drug-likeness (QED) is 0.703. The number of carbonyl (C=O) groups is 2. The fourth-order valence-corrected chi connectivity index (χ4v) is 2.60. The number of benzene rings is 1. The molecule has 5 nitrogen and oxygen atoms in total. The largest absolute Gasteiger partial charge is 0.507 e. The first-order chi connectivity index (χ1) is 8.94. The van der Waals surface area contributed by atoms with Gasteiger partial charge in [0.15, 0.2) is 0 Å². The van der Waals surface area contributed by atoms with Crippen molar-refractivity contribution in [2.75, 3.05) is 6.54 Å². The summed E-state index contributed by atoms with van der Waals surface area (Å²) in [6.45, 7) is 0.103. The number of amides is 1. The third-order valence-electron chi connectivity index (χ3n) is 3.55. The fourth-order valence-electron chi connectivity index (χ4n) is 2.10. The third-order valence-corrected chi connectivity index (χ3v) is 4.23. The molecule has 1 fully saturated rings. The maximum absolute atomic E-state index is 12.0. The smallest absolute Gasteiger partial charge is 0.311 e. The molecular formula is C13H14INO4. The lowest BCUT2D eigenvalue weighted by Gasteiger charge is -2.37. The summed E-state index contributed by atoms with van der Waals surface area (Å²) >= 11 is 2.04. The van der Waals surface area contributed by atoms with Crippen molar-refractivity contribution in [3.63, 3.8) is 0 Å². The van der Waals surface area contributed by atoms with E-state index in [0.717, 1.165) is 9.99 Å². The van der Waals surface area contributed by atoms with E-state index in [1.807, 2.05) is 22.6 Å². The molecule has 1 aromatic rings. The molecule has 1 amide bonds. The van der Waals surface area contributed by atoms with Gasteiger partial charge in [-0.15, -0.1) is 0 Å². The monoisotopic (exact) mass is 375 g/mol.